The molecular weight excluding hydrogens is 558 g/mol. The van der Waals surface area contributed by atoms with Gasteiger partial charge >= 0.3 is 0 Å². The van der Waals surface area contributed by atoms with Gasteiger partial charge in [0.05, 0.1) is 22.2 Å². The normalized spacial score (nSPS) is 13.6. The molecule has 3 heteroatoms. The minimum atomic E-state index is -0.0606. The van der Waals surface area contributed by atoms with Crippen LogP contribution in [-0.4, -0.2) is 14.5 Å². The standard InChI is InChI=1S/C43H29N3/c1-43(2)35-18-10-8-17-31(35)39-33-25-38-34(24-28(33)21-23-36(39)43)30-16-9-11-19-37(30)46(38)42-44-40(27-13-4-3-5-14-27)32-22-20-26-12-6-7-15-29(26)41(32)45-42/h3-25H,1-2H3. The Bertz CT molecular complexity index is 2720. The minimum absolute atomic E-state index is 0.0606. The van der Waals surface area contributed by atoms with Crippen molar-refractivity contribution in [3.05, 3.63) is 151 Å². The van der Waals surface area contributed by atoms with Crippen LogP contribution >= 0.6 is 0 Å². The van der Waals surface area contributed by atoms with E-state index in [2.05, 4.69) is 158 Å². The maximum atomic E-state index is 5.40. The smallest absolute Gasteiger partial charge is 0.235 e. The van der Waals surface area contributed by atoms with Crippen molar-refractivity contribution in [1.82, 2.24) is 14.5 Å². The van der Waals surface area contributed by atoms with Crippen LogP contribution in [0.3, 0.4) is 0 Å². The van der Waals surface area contributed by atoms with Crippen LogP contribution in [0.15, 0.2) is 140 Å². The van der Waals surface area contributed by atoms with Crippen molar-refractivity contribution in [2.45, 2.75) is 19.3 Å². The van der Waals surface area contributed by atoms with Gasteiger partial charge in [-0.2, -0.15) is 0 Å². The van der Waals surface area contributed by atoms with Crippen molar-refractivity contribution in [1.29, 1.82) is 0 Å². The lowest BCUT2D eigenvalue weighted by Crippen LogP contribution is -2.14. The topological polar surface area (TPSA) is 30.7 Å². The summed E-state index contributed by atoms with van der Waals surface area (Å²) in [5.41, 5.74) is 10.6. The molecule has 1 aliphatic rings. The second-order valence-corrected chi connectivity index (χ2v) is 13.0. The quantitative estimate of drug-likeness (QED) is 0.188. The molecule has 3 nitrogen and oxygen atoms in total. The Morgan fingerprint density at radius 2 is 1.24 bits per heavy atom. The summed E-state index contributed by atoms with van der Waals surface area (Å²) in [6.07, 6.45) is 0. The molecule has 0 saturated heterocycles. The van der Waals surface area contributed by atoms with Crippen molar-refractivity contribution < 1.29 is 0 Å². The first kappa shape index (κ1) is 25.5. The highest BCUT2D eigenvalue weighted by atomic mass is 15.2. The summed E-state index contributed by atoms with van der Waals surface area (Å²) in [5, 5.41) is 8.27. The van der Waals surface area contributed by atoms with Crippen molar-refractivity contribution in [3.63, 3.8) is 0 Å². The van der Waals surface area contributed by atoms with E-state index in [1.54, 1.807) is 0 Å². The summed E-state index contributed by atoms with van der Waals surface area (Å²) in [4.78, 5) is 10.8. The summed E-state index contributed by atoms with van der Waals surface area (Å²) in [6, 6.07) is 50.3. The third-order valence-corrected chi connectivity index (χ3v) is 10.2. The van der Waals surface area contributed by atoms with Gasteiger partial charge in [0.1, 0.15) is 0 Å². The predicted octanol–water partition coefficient (Wildman–Crippen LogP) is 11.0. The average Bonchev–Trinajstić information content (AvgIpc) is 3.55. The zero-order valence-corrected chi connectivity index (χ0v) is 25.6. The first-order chi connectivity index (χ1) is 22.6. The number of benzene rings is 7. The molecule has 0 fully saturated rings. The first-order valence-electron chi connectivity index (χ1n) is 15.9. The molecule has 0 amide bonds. The highest BCUT2D eigenvalue weighted by molar-refractivity contribution is 6.16. The van der Waals surface area contributed by atoms with E-state index >= 15 is 0 Å². The lowest BCUT2D eigenvalue weighted by atomic mass is 9.82. The molecule has 0 aliphatic heterocycles. The Hall–Kier alpha value is -5.80. The van der Waals surface area contributed by atoms with E-state index in [0.29, 0.717) is 5.95 Å². The molecule has 216 valence electrons. The van der Waals surface area contributed by atoms with E-state index in [1.165, 1.54) is 49.2 Å². The second-order valence-electron chi connectivity index (χ2n) is 13.0. The van der Waals surface area contributed by atoms with Gasteiger partial charge in [-0.15, -0.1) is 0 Å². The molecular formula is C43H29N3. The maximum Gasteiger partial charge on any atom is 0.235 e. The lowest BCUT2D eigenvalue weighted by molar-refractivity contribution is 0.661. The van der Waals surface area contributed by atoms with E-state index in [0.717, 1.165) is 38.6 Å². The van der Waals surface area contributed by atoms with Gasteiger partial charge in [-0.25, -0.2) is 9.97 Å². The zero-order chi connectivity index (χ0) is 30.6. The third-order valence-electron chi connectivity index (χ3n) is 10.2. The number of rotatable bonds is 2. The monoisotopic (exact) mass is 587 g/mol. The number of aromatic nitrogens is 3. The molecule has 2 aromatic heterocycles. The van der Waals surface area contributed by atoms with Gasteiger partial charge in [0.2, 0.25) is 5.95 Å². The Kier molecular flexibility index (Phi) is 5.06. The fraction of sp³-hybridized carbons (Fsp3) is 0.0698. The van der Waals surface area contributed by atoms with E-state index in [1.807, 2.05) is 0 Å². The Morgan fingerprint density at radius 1 is 0.500 bits per heavy atom. The van der Waals surface area contributed by atoms with Crippen LogP contribution in [0.2, 0.25) is 0 Å². The number of para-hydroxylation sites is 1. The van der Waals surface area contributed by atoms with Crippen LogP contribution in [0.4, 0.5) is 0 Å². The van der Waals surface area contributed by atoms with Gasteiger partial charge in [0, 0.05) is 32.5 Å². The Labute approximate surface area is 266 Å². The lowest BCUT2D eigenvalue weighted by Gasteiger charge is -2.21. The number of fused-ring (bicyclic) bond motifs is 11. The SMILES string of the molecule is CC1(C)c2ccccc2-c2c1ccc1cc3c4ccccc4n(-c4nc(-c5ccccc5)c5ccc6ccccc6c5n4)c3cc21. The highest BCUT2D eigenvalue weighted by Crippen LogP contribution is 2.52. The van der Waals surface area contributed by atoms with E-state index in [9.17, 15) is 0 Å². The fourth-order valence-electron chi connectivity index (χ4n) is 7.97. The molecule has 10 rings (SSSR count). The van der Waals surface area contributed by atoms with E-state index in [-0.39, 0.29) is 5.41 Å². The fourth-order valence-corrected chi connectivity index (χ4v) is 7.97. The number of nitrogens with zero attached hydrogens (tertiary/aromatic N) is 3. The number of hydrogen-bond donors (Lipinski definition) is 0. The van der Waals surface area contributed by atoms with Crippen molar-refractivity contribution in [2.24, 2.45) is 0 Å². The Balaban J connectivity index is 1.36. The predicted molar refractivity (Wildman–Crippen MR) is 192 cm³/mol. The average molecular weight is 588 g/mol. The molecule has 0 unspecified atom stereocenters. The van der Waals surface area contributed by atoms with E-state index < -0.39 is 0 Å². The summed E-state index contributed by atoms with van der Waals surface area (Å²) >= 11 is 0. The summed E-state index contributed by atoms with van der Waals surface area (Å²) < 4.78 is 2.28. The highest BCUT2D eigenvalue weighted by Gasteiger charge is 2.36. The molecule has 2 heterocycles. The maximum absolute atomic E-state index is 5.40. The summed E-state index contributed by atoms with van der Waals surface area (Å²) in [6.45, 7) is 4.69. The molecule has 0 spiro atoms. The molecule has 7 aromatic carbocycles. The number of hydrogen-bond acceptors (Lipinski definition) is 2. The van der Waals surface area contributed by atoms with Crippen LogP contribution in [-0.2, 0) is 5.41 Å². The second kappa shape index (κ2) is 9.12. The molecule has 46 heavy (non-hydrogen) atoms. The zero-order valence-electron chi connectivity index (χ0n) is 25.6. The largest absolute Gasteiger partial charge is 0.278 e. The van der Waals surface area contributed by atoms with E-state index in [4.69, 9.17) is 9.97 Å². The third kappa shape index (κ3) is 3.37. The molecule has 0 N–H and O–H groups in total. The van der Waals surface area contributed by atoms with Crippen molar-refractivity contribution in [2.75, 3.05) is 0 Å². The first-order valence-corrected chi connectivity index (χ1v) is 15.9. The van der Waals surface area contributed by atoms with Gasteiger partial charge in [-0.1, -0.05) is 129 Å². The van der Waals surface area contributed by atoms with Crippen molar-refractivity contribution >= 4 is 54.3 Å². The Morgan fingerprint density at radius 3 is 2.13 bits per heavy atom. The van der Waals surface area contributed by atoms with Gasteiger partial charge in [-0.3, -0.25) is 4.57 Å². The van der Waals surface area contributed by atoms with Crippen LogP contribution in [0.5, 0.6) is 0 Å². The molecule has 0 saturated carbocycles. The summed E-state index contributed by atoms with van der Waals surface area (Å²) in [7, 11) is 0. The minimum Gasteiger partial charge on any atom is -0.278 e. The molecule has 0 bridgehead atoms. The van der Waals surface area contributed by atoms with Crippen molar-refractivity contribution in [3.8, 4) is 28.3 Å². The van der Waals surface area contributed by atoms with Crippen LogP contribution in [0.25, 0.3) is 82.6 Å². The molecule has 0 radical (unpaired) electrons. The molecule has 9 aromatic rings. The summed E-state index contributed by atoms with van der Waals surface area (Å²) in [5.74, 6) is 0.682. The van der Waals surface area contributed by atoms with Gasteiger partial charge in [-0.05, 0) is 62.7 Å². The van der Waals surface area contributed by atoms with Crippen LogP contribution in [0, 0.1) is 0 Å². The van der Waals surface area contributed by atoms with Gasteiger partial charge < -0.3 is 0 Å². The molecule has 1 aliphatic carbocycles. The van der Waals surface area contributed by atoms with Crippen LogP contribution < -0.4 is 0 Å². The van der Waals surface area contributed by atoms with Crippen LogP contribution in [0.1, 0.15) is 25.0 Å². The van der Waals surface area contributed by atoms with Gasteiger partial charge in [0.15, 0.2) is 0 Å². The molecule has 0 atom stereocenters. The van der Waals surface area contributed by atoms with Gasteiger partial charge in [0.25, 0.3) is 0 Å².